The third-order valence-corrected chi connectivity index (χ3v) is 3.40. The Balaban J connectivity index is 2.42. The van der Waals surface area contributed by atoms with E-state index in [-0.39, 0.29) is 11.2 Å². The highest BCUT2D eigenvalue weighted by molar-refractivity contribution is 5.99. The molecule has 0 amide bonds. The Morgan fingerprint density at radius 3 is 2.86 bits per heavy atom. The highest BCUT2D eigenvalue weighted by Crippen LogP contribution is 2.48. The molecule has 0 spiro atoms. The van der Waals surface area contributed by atoms with E-state index >= 15 is 0 Å². The van der Waals surface area contributed by atoms with E-state index < -0.39 is 0 Å². The molecule has 2 heteroatoms. The van der Waals surface area contributed by atoms with E-state index in [1.165, 1.54) is 0 Å². The van der Waals surface area contributed by atoms with E-state index in [1.54, 1.807) is 12.2 Å². The Labute approximate surface area is 83.7 Å². The molecule has 0 aromatic carbocycles. The highest BCUT2D eigenvalue weighted by atomic mass is 16.1. The molecule has 0 aliphatic heterocycles. The summed E-state index contributed by atoms with van der Waals surface area (Å²) in [6, 6.07) is 0. The molecule has 0 saturated heterocycles. The number of Topliss-reactive ketones (excluding diaryl/α,β-unsaturated/α-hetero) is 1. The molecule has 1 saturated carbocycles. The summed E-state index contributed by atoms with van der Waals surface area (Å²) in [4.78, 5) is 23.1. The average molecular weight is 190 g/mol. The fraction of sp³-hybridized carbons (Fsp3) is 0.500. The quantitative estimate of drug-likeness (QED) is 0.625. The largest absolute Gasteiger partial charge is 0.299 e. The normalized spacial score (nSPS) is 31.3. The van der Waals surface area contributed by atoms with Gasteiger partial charge in [-0.3, -0.25) is 9.59 Å². The van der Waals surface area contributed by atoms with Gasteiger partial charge in [-0.25, -0.2) is 0 Å². The van der Waals surface area contributed by atoms with Gasteiger partial charge in [-0.15, -0.1) is 6.58 Å². The standard InChI is InChI=1S/C12H14O2/c1-2-6-12-7-5-10(13)8-9(12)3-4-11(12)14/h2,8H,1,3-7H2/t12-/m1/s1. The molecule has 2 aliphatic carbocycles. The maximum absolute atomic E-state index is 11.8. The van der Waals surface area contributed by atoms with Crippen LogP contribution in [0.3, 0.4) is 0 Å². The van der Waals surface area contributed by atoms with Crippen molar-refractivity contribution in [1.29, 1.82) is 0 Å². The lowest BCUT2D eigenvalue weighted by atomic mass is 9.71. The van der Waals surface area contributed by atoms with E-state index in [0.29, 0.717) is 31.5 Å². The Kier molecular flexibility index (Phi) is 2.14. The predicted octanol–water partition coefficient (Wildman–Crippen LogP) is 2.20. The fourth-order valence-electron chi connectivity index (χ4n) is 2.61. The minimum Gasteiger partial charge on any atom is -0.299 e. The van der Waals surface area contributed by atoms with Crippen LogP contribution < -0.4 is 0 Å². The molecule has 0 N–H and O–H groups in total. The third kappa shape index (κ3) is 1.17. The van der Waals surface area contributed by atoms with Crippen molar-refractivity contribution in [3.8, 4) is 0 Å². The molecule has 1 fully saturated rings. The van der Waals surface area contributed by atoms with Gasteiger partial charge in [-0.05, 0) is 25.3 Å². The number of allylic oxidation sites excluding steroid dienone is 3. The molecule has 14 heavy (non-hydrogen) atoms. The molecule has 2 aliphatic rings. The summed E-state index contributed by atoms with van der Waals surface area (Å²) in [5, 5.41) is 0. The lowest BCUT2D eigenvalue weighted by Crippen LogP contribution is -2.30. The van der Waals surface area contributed by atoms with Crippen molar-refractivity contribution in [1.82, 2.24) is 0 Å². The van der Waals surface area contributed by atoms with E-state index in [1.807, 2.05) is 0 Å². The van der Waals surface area contributed by atoms with Gasteiger partial charge in [0.15, 0.2) is 5.78 Å². The van der Waals surface area contributed by atoms with Crippen LogP contribution in [0.2, 0.25) is 0 Å². The summed E-state index contributed by atoms with van der Waals surface area (Å²) in [6.45, 7) is 3.70. The zero-order valence-corrected chi connectivity index (χ0v) is 8.21. The zero-order valence-electron chi connectivity index (χ0n) is 8.21. The van der Waals surface area contributed by atoms with E-state index in [4.69, 9.17) is 0 Å². The second kappa shape index (κ2) is 3.19. The van der Waals surface area contributed by atoms with Crippen molar-refractivity contribution >= 4 is 11.6 Å². The van der Waals surface area contributed by atoms with Crippen molar-refractivity contribution < 1.29 is 9.59 Å². The Morgan fingerprint density at radius 1 is 1.36 bits per heavy atom. The van der Waals surface area contributed by atoms with Crippen molar-refractivity contribution in [2.75, 3.05) is 0 Å². The van der Waals surface area contributed by atoms with Gasteiger partial charge in [0.25, 0.3) is 0 Å². The predicted molar refractivity (Wildman–Crippen MR) is 53.8 cm³/mol. The molecular weight excluding hydrogens is 176 g/mol. The summed E-state index contributed by atoms with van der Waals surface area (Å²) >= 11 is 0. The summed E-state index contributed by atoms with van der Waals surface area (Å²) in [7, 11) is 0. The summed E-state index contributed by atoms with van der Waals surface area (Å²) in [5.41, 5.74) is 0.717. The van der Waals surface area contributed by atoms with E-state index in [9.17, 15) is 9.59 Å². The lowest BCUT2D eigenvalue weighted by molar-refractivity contribution is -0.125. The zero-order chi connectivity index (χ0) is 10.2. The second-order valence-corrected chi connectivity index (χ2v) is 4.13. The van der Waals surface area contributed by atoms with Crippen LogP contribution in [0.4, 0.5) is 0 Å². The van der Waals surface area contributed by atoms with Crippen LogP contribution in [0, 0.1) is 5.41 Å². The average Bonchev–Trinajstić information content (AvgIpc) is 2.46. The van der Waals surface area contributed by atoms with E-state index in [0.717, 1.165) is 12.0 Å². The first-order valence-corrected chi connectivity index (χ1v) is 5.07. The van der Waals surface area contributed by atoms with Crippen LogP contribution in [0.5, 0.6) is 0 Å². The first-order chi connectivity index (χ1) is 6.69. The summed E-state index contributed by atoms with van der Waals surface area (Å²) < 4.78 is 0. The van der Waals surface area contributed by atoms with Gasteiger partial charge in [0.1, 0.15) is 5.78 Å². The van der Waals surface area contributed by atoms with Gasteiger partial charge in [0.2, 0.25) is 0 Å². The van der Waals surface area contributed by atoms with E-state index in [2.05, 4.69) is 6.58 Å². The van der Waals surface area contributed by atoms with Crippen molar-refractivity contribution in [3.05, 3.63) is 24.3 Å². The number of carbonyl (C=O) groups excluding carboxylic acids is 2. The highest BCUT2D eigenvalue weighted by Gasteiger charge is 2.46. The molecule has 0 radical (unpaired) electrons. The lowest BCUT2D eigenvalue weighted by Gasteiger charge is -2.30. The van der Waals surface area contributed by atoms with Gasteiger partial charge in [0.05, 0.1) is 5.41 Å². The summed E-state index contributed by atoms with van der Waals surface area (Å²) in [6.07, 6.45) is 6.78. The first kappa shape index (κ1) is 9.38. The van der Waals surface area contributed by atoms with Gasteiger partial charge < -0.3 is 0 Å². The molecular formula is C12H14O2. The number of carbonyl (C=O) groups is 2. The fourth-order valence-corrected chi connectivity index (χ4v) is 2.61. The summed E-state index contributed by atoms with van der Waals surface area (Å²) in [5.74, 6) is 0.477. The third-order valence-electron chi connectivity index (χ3n) is 3.40. The maximum atomic E-state index is 11.8. The number of rotatable bonds is 2. The molecule has 2 nitrogen and oxygen atoms in total. The minimum atomic E-state index is -0.338. The molecule has 0 bridgehead atoms. The molecule has 74 valence electrons. The van der Waals surface area contributed by atoms with Crippen LogP contribution in [0.25, 0.3) is 0 Å². The number of hydrogen-bond donors (Lipinski definition) is 0. The molecule has 0 heterocycles. The first-order valence-electron chi connectivity index (χ1n) is 5.07. The smallest absolute Gasteiger partial charge is 0.155 e. The topological polar surface area (TPSA) is 34.1 Å². The Bertz CT molecular complexity index is 338. The van der Waals surface area contributed by atoms with Gasteiger partial charge >= 0.3 is 0 Å². The van der Waals surface area contributed by atoms with Crippen LogP contribution in [0.1, 0.15) is 32.1 Å². The Morgan fingerprint density at radius 2 is 2.14 bits per heavy atom. The molecule has 2 rings (SSSR count). The van der Waals surface area contributed by atoms with Crippen molar-refractivity contribution in [3.63, 3.8) is 0 Å². The van der Waals surface area contributed by atoms with Gasteiger partial charge in [-0.1, -0.05) is 11.6 Å². The SMILES string of the molecule is C=CC[C@@]12CCC(=O)C=C1CCC2=O. The van der Waals surface area contributed by atoms with Crippen LogP contribution in [-0.4, -0.2) is 11.6 Å². The Hall–Kier alpha value is -1.18. The van der Waals surface area contributed by atoms with Crippen LogP contribution in [0.15, 0.2) is 24.3 Å². The monoisotopic (exact) mass is 190 g/mol. The minimum absolute atomic E-state index is 0.175. The van der Waals surface area contributed by atoms with Gasteiger partial charge in [-0.2, -0.15) is 0 Å². The second-order valence-electron chi connectivity index (χ2n) is 4.13. The molecule has 0 aromatic heterocycles. The van der Waals surface area contributed by atoms with Crippen molar-refractivity contribution in [2.45, 2.75) is 32.1 Å². The molecule has 0 unspecified atom stereocenters. The maximum Gasteiger partial charge on any atom is 0.155 e. The number of hydrogen-bond acceptors (Lipinski definition) is 2. The van der Waals surface area contributed by atoms with Crippen LogP contribution in [-0.2, 0) is 9.59 Å². The van der Waals surface area contributed by atoms with Crippen LogP contribution >= 0.6 is 0 Å². The van der Waals surface area contributed by atoms with Crippen molar-refractivity contribution in [2.24, 2.45) is 5.41 Å². The molecule has 0 aromatic rings. The van der Waals surface area contributed by atoms with Gasteiger partial charge in [0, 0.05) is 12.8 Å². The number of fused-ring (bicyclic) bond motifs is 1. The molecule has 1 atom stereocenters. The number of ketones is 2.